The number of hydrogen-bond donors (Lipinski definition) is 1. The van der Waals surface area contributed by atoms with Crippen LogP contribution in [0.15, 0.2) is 42.7 Å². The minimum Gasteiger partial charge on any atom is -0.381 e. The summed E-state index contributed by atoms with van der Waals surface area (Å²) in [5.74, 6) is 2.40. The summed E-state index contributed by atoms with van der Waals surface area (Å²) >= 11 is 0. The van der Waals surface area contributed by atoms with Crippen LogP contribution in [0.4, 0.5) is 11.5 Å². The van der Waals surface area contributed by atoms with Crippen LogP contribution in [0.1, 0.15) is 45.1 Å². The Balaban J connectivity index is 1.69. The largest absolute Gasteiger partial charge is 0.381 e. The summed E-state index contributed by atoms with van der Waals surface area (Å²) in [7, 11) is 2.01. The average Bonchev–Trinajstić information content (AvgIpc) is 3.19. The van der Waals surface area contributed by atoms with Crippen LogP contribution >= 0.6 is 0 Å². The maximum atomic E-state index is 5.54. The first-order valence-corrected chi connectivity index (χ1v) is 10.7. The maximum Gasteiger partial charge on any atom is 0.152 e. The van der Waals surface area contributed by atoms with Gasteiger partial charge in [-0.05, 0) is 37.3 Å². The third-order valence-corrected chi connectivity index (χ3v) is 5.67. The zero-order valence-electron chi connectivity index (χ0n) is 18.4. The molecular formula is C24H31N5O. The van der Waals surface area contributed by atoms with E-state index in [-0.39, 0.29) is 5.41 Å². The van der Waals surface area contributed by atoms with Crippen molar-refractivity contribution in [3.8, 4) is 11.4 Å². The number of nitrogens with zero attached hydrogens (tertiary/aromatic N) is 4. The van der Waals surface area contributed by atoms with E-state index in [1.807, 2.05) is 36.3 Å². The SMILES string of the molecule is CN(c1ccccc1)c1cncc(-c2nc(C(C)(C)C)[nH]c2CC2CCOCC2)n1. The normalized spacial score (nSPS) is 15.3. The molecule has 1 aliphatic rings. The quantitative estimate of drug-likeness (QED) is 0.654. The summed E-state index contributed by atoms with van der Waals surface area (Å²) in [5.41, 5.74) is 3.89. The second kappa shape index (κ2) is 8.56. The lowest BCUT2D eigenvalue weighted by Gasteiger charge is -2.22. The molecule has 1 aliphatic heterocycles. The fraction of sp³-hybridized carbons (Fsp3) is 0.458. The van der Waals surface area contributed by atoms with Crippen molar-refractivity contribution < 1.29 is 4.74 Å². The van der Waals surface area contributed by atoms with E-state index >= 15 is 0 Å². The number of aromatic amines is 1. The molecule has 6 nitrogen and oxygen atoms in total. The first-order chi connectivity index (χ1) is 14.4. The molecule has 0 unspecified atom stereocenters. The molecule has 0 amide bonds. The Labute approximate surface area is 178 Å². The molecule has 3 aromatic rings. The van der Waals surface area contributed by atoms with E-state index in [1.165, 1.54) is 0 Å². The van der Waals surface area contributed by atoms with Crippen molar-refractivity contribution in [3.05, 3.63) is 54.2 Å². The van der Waals surface area contributed by atoms with Crippen molar-refractivity contribution in [1.29, 1.82) is 0 Å². The first kappa shape index (κ1) is 20.5. The minimum absolute atomic E-state index is 0.0610. The lowest BCUT2D eigenvalue weighted by atomic mass is 9.94. The van der Waals surface area contributed by atoms with Crippen LogP contribution in [0.5, 0.6) is 0 Å². The fourth-order valence-electron chi connectivity index (χ4n) is 3.78. The molecule has 6 heteroatoms. The number of aromatic nitrogens is 4. The summed E-state index contributed by atoms with van der Waals surface area (Å²) in [6, 6.07) is 10.2. The van der Waals surface area contributed by atoms with Gasteiger partial charge in [0.05, 0.1) is 12.4 Å². The highest BCUT2D eigenvalue weighted by Gasteiger charge is 2.25. The Hall–Kier alpha value is -2.73. The molecule has 2 aromatic heterocycles. The van der Waals surface area contributed by atoms with Gasteiger partial charge in [-0.2, -0.15) is 0 Å². The Morgan fingerprint density at radius 1 is 1.07 bits per heavy atom. The van der Waals surface area contributed by atoms with E-state index in [0.717, 1.165) is 66.9 Å². The number of imidazole rings is 1. The predicted octanol–water partition coefficient (Wildman–Crippen LogP) is 4.90. The van der Waals surface area contributed by atoms with Gasteiger partial charge in [-0.1, -0.05) is 39.0 Å². The standard InChI is InChI=1S/C24H31N5O/c1-24(2,3)23-27-19(14-17-10-12-30-13-11-17)22(28-23)20-15-25-16-21(26-20)29(4)18-8-6-5-7-9-18/h5-9,15-17H,10-14H2,1-4H3,(H,27,28). The zero-order chi connectivity index (χ0) is 21.1. The van der Waals surface area contributed by atoms with Crippen molar-refractivity contribution in [2.24, 2.45) is 5.92 Å². The van der Waals surface area contributed by atoms with Crippen LogP contribution in [0.2, 0.25) is 0 Å². The zero-order valence-corrected chi connectivity index (χ0v) is 18.4. The van der Waals surface area contributed by atoms with Gasteiger partial charge >= 0.3 is 0 Å². The van der Waals surface area contributed by atoms with Gasteiger partial charge in [0.25, 0.3) is 0 Å². The number of H-pyrrole nitrogens is 1. The fourth-order valence-corrected chi connectivity index (χ4v) is 3.78. The molecule has 158 valence electrons. The van der Waals surface area contributed by atoms with E-state index in [9.17, 15) is 0 Å². The van der Waals surface area contributed by atoms with Gasteiger partial charge in [0.15, 0.2) is 5.82 Å². The third kappa shape index (κ3) is 4.54. The monoisotopic (exact) mass is 405 g/mol. The molecule has 0 saturated carbocycles. The summed E-state index contributed by atoms with van der Waals surface area (Å²) < 4.78 is 5.54. The molecule has 0 spiro atoms. The summed E-state index contributed by atoms with van der Waals surface area (Å²) in [4.78, 5) is 20.1. The molecule has 1 fully saturated rings. The topological polar surface area (TPSA) is 66.9 Å². The highest BCUT2D eigenvalue weighted by Crippen LogP contribution is 2.31. The highest BCUT2D eigenvalue weighted by molar-refractivity contribution is 5.63. The lowest BCUT2D eigenvalue weighted by Crippen LogP contribution is -2.18. The average molecular weight is 406 g/mol. The van der Waals surface area contributed by atoms with Crippen molar-refractivity contribution in [2.45, 2.75) is 45.4 Å². The van der Waals surface area contributed by atoms with Crippen LogP contribution < -0.4 is 4.90 Å². The van der Waals surface area contributed by atoms with E-state index in [4.69, 9.17) is 14.7 Å². The third-order valence-electron chi connectivity index (χ3n) is 5.67. The van der Waals surface area contributed by atoms with Crippen molar-refractivity contribution >= 4 is 11.5 Å². The second-order valence-electron chi connectivity index (χ2n) is 9.08. The van der Waals surface area contributed by atoms with Crippen LogP contribution in [0.25, 0.3) is 11.4 Å². The van der Waals surface area contributed by atoms with E-state index in [1.54, 1.807) is 6.20 Å². The van der Waals surface area contributed by atoms with Crippen LogP contribution in [-0.4, -0.2) is 40.2 Å². The number of hydrogen-bond acceptors (Lipinski definition) is 5. The second-order valence-corrected chi connectivity index (χ2v) is 9.08. The van der Waals surface area contributed by atoms with Gasteiger partial charge in [-0.3, -0.25) is 4.98 Å². The number of benzene rings is 1. The number of ether oxygens (including phenoxy) is 1. The van der Waals surface area contributed by atoms with Gasteiger partial charge in [-0.15, -0.1) is 0 Å². The first-order valence-electron chi connectivity index (χ1n) is 10.7. The van der Waals surface area contributed by atoms with Gasteiger partial charge in [0, 0.05) is 37.1 Å². The molecule has 0 aliphatic carbocycles. The molecule has 30 heavy (non-hydrogen) atoms. The summed E-state index contributed by atoms with van der Waals surface area (Å²) in [6.45, 7) is 8.23. The van der Waals surface area contributed by atoms with Crippen molar-refractivity contribution in [1.82, 2.24) is 19.9 Å². The molecule has 1 saturated heterocycles. The molecule has 0 atom stereocenters. The predicted molar refractivity (Wildman–Crippen MR) is 120 cm³/mol. The molecule has 0 radical (unpaired) electrons. The smallest absolute Gasteiger partial charge is 0.152 e. The van der Waals surface area contributed by atoms with Crippen LogP contribution in [0.3, 0.4) is 0 Å². The lowest BCUT2D eigenvalue weighted by molar-refractivity contribution is 0.0663. The van der Waals surface area contributed by atoms with Gasteiger partial charge < -0.3 is 14.6 Å². The molecule has 4 rings (SSSR count). The van der Waals surface area contributed by atoms with Gasteiger partial charge in [-0.25, -0.2) is 9.97 Å². The van der Waals surface area contributed by atoms with E-state index < -0.39 is 0 Å². The Morgan fingerprint density at radius 2 is 1.80 bits per heavy atom. The van der Waals surface area contributed by atoms with E-state index in [0.29, 0.717) is 5.92 Å². The molecule has 1 N–H and O–H groups in total. The number of rotatable bonds is 5. The maximum absolute atomic E-state index is 5.54. The molecular weight excluding hydrogens is 374 g/mol. The van der Waals surface area contributed by atoms with Crippen LogP contribution in [-0.2, 0) is 16.6 Å². The van der Waals surface area contributed by atoms with Crippen molar-refractivity contribution in [3.63, 3.8) is 0 Å². The molecule has 3 heterocycles. The summed E-state index contributed by atoms with van der Waals surface area (Å²) in [5, 5.41) is 0. The minimum atomic E-state index is -0.0610. The van der Waals surface area contributed by atoms with Gasteiger partial charge in [0.1, 0.15) is 17.2 Å². The Bertz CT molecular complexity index is 971. The van der Waals surface area contributed by atoms with Gasteiger partial charge in [0.2, 0.25) is 0 Å². The Morgan fingerprint density at radius 3 is 2.50 bits per heavy atom. The van der Waals surface area contributed by atoms with Crippen molar-refractivity contribution in [2.75, 3.05) is 25.2 Å². The number of para-hydroxylation sites is 1. The number of nitrogens with one attached hydrogen (secondary N) is 1. The summed E-state index contributed by atoms with van der Waals surface area (Å²) in [6.07, 6.45) is 6.75. The molecule has 0 bridgehead atoms. The van der Waals surface area contributed by atoms with Crippen LogP contribution in [0, 0.1) is 5.92 Å². The van der Waals surface area contributed by atoms with E-state index in [2.05, 4.69) is 42.9 Å². The number of anilines is 2. The highest BCUT2D eigenvalue weighted by atomic mass is 16.5. The Kier molecular flexibility index (Phi) is 5.86. The molecule has 1 aromatic carbocycles.